The summed E-state index contributed by atoms with van der Waals surface area (Å²) in [6.45, 7) is 5.74. The Kier molecular flexibility index (Phi) is 10.7. The lowest BCUT2D eigenvalue weighted by atomic mass is 10.1. The number of anilines is 2. The number of nitrogens with zero attached hydrogens (tertiary/aromatic N) is 1. The molecule has 3 rings (SSSR count). The fourth-order valence-electron chi connectivity index (χ4n) is 3.41. The highest BCUT2D eigenvalue weighted by Gasteiger charge is 2.16. The molecule has 0 unspecified atom stereocenters. The number of carbonyl (C=O) groups is 3. The summed E-state index contributed by atoms with van der Waals surface area (Å²) in [4.78, 5) is 36.8. The van der Waals surface area contributed by atoms with Crippen molar-refractivity contribution in [2.24, 2.45) is 5.10 Å². The predicted molar refractivity (Wildman–Crippen MR) is 156 cm³/mol. The molecule has 0 fully saturated rings. The Morgan fingerprint density at radius 2 is 1.67 bits per heavy atom. The normalized spacial score (nSPS) is 10.7. The number of rotatable bonds is 9. The first kappa shape index (κ1) is 29.9. The first-order valence-corrected chi connectivity index (χ1v) is 13.2. The van der Waals surface area contributed by atoms with Crippen LogP contribution < -0.4 is 25.5 Å². The van der Waals surface area contributed by atoms with Crippen molar-refractivity contribution in [1.82, 2.24) is 5.43 Å². The van der Waals surface area contributed by atoms with Crippen molar-refractivity contribution >= 4 is 74.4 Å². The lowest BCUT2D eigenvalue weighted by molar-refractivity contribution is -0.136. The van der Waals surface area contributed by atoms with E-state index in [2.05, 4.69) is 37.1 Å². The fourth-order valence-corrected chi connectivity index (χ4v) is 4.45. The molecular weight excluding hydrogens is 611 g/mol. The molecular formula is C27H25BrCl2N4O5. The lowest BCUT2D eigenvalue weighted by Crippen LogP contribution is -2.32. The summed E-state index contributed by atoms with van der Waals surface area (Å²) in [5.74, 6) is -1.56. The van der Waals surface area contributed by atoms with Crippen LogP contribution in [0.15, 0.2) is 58.1 Å². The van der Waals surface area contributed by atoms with Gasteiger partial charge in [0.15, 0.2) is 18.1 Å². The molecule has 0 bridgehead atoms. The summed E-state index contributed by atoms with van der Waals surface area (Å²) >= 11 is 15.4. The van der Waals surface area contributed by atoms with Gasteiger partial charge in [-0.15, -0.1) is 0 Å². The second-order valence-corrected chi connectivity index (χ2v) is 9.85. The zero-order chi connectivity index (χ0) is 28.5. The molecule has 0 aliphatic carbocycles. The van der Waals surface area contributed by atoms with E-state index in [4.69, 9.17) is 32.7 Å². The van der Waals surface area contributed by atoms with Crippen molar-refractivity contribution in [3.63, 3.8) is 0 Å². The first-order valence-electron chi connectivity index (χ1n) is 11.6. The Morgan fingerprint density at radius 1 is 0.949 bits per heavy atom. The van der Waals surface area contributed by atoms with Crippen molar-refractivity contribution in [1.29, 1.82) is 0 Å². The fraction of sp³-hybridized carbons (Fsp3) is 0.185. The van der Waals surface area contributed by atoms with E-state index in [1.807, 2.05) is 26.0 Å². The minimum Gasteiger partial charge on any atom is -0.490 e. The minimum atomic E-state index is -1.01. The number of carbonyl (C=O) groups excluding carboxylic acids is 3. The van der Waals surface area contributed by atoms with Crippen LogP contribution in [0.5, 0.6) is 11.5 Å². The van der Waals surface area contributed by atoms with E-state index >= 15 is 0 Å². The monoisotopic (exact) mass is 634 g/mol. The molecule has 3 aromatic carbocycles. The number of halogens is 3. The Labute approximate surface area is 244 Å². The van der Waals surface area contributed by atoms with Crippen LogP contribution in [0.4, 0.5) is 11.4 Å². The molecule has 0 saturated carbocycles. The standard InChI is InChI=1S/C27H25BrCl2N4O5/c1-4-38-22-12-17(13-31-34-27(37)26(36)32-20-7-5-6-19(29)24(20)30)8-9-21(22)39-14-23(35)33-25-15(2)10-18(28)11-16(25)3/h5-13H,4,14H2,1-3H3,(H,32,36)(H,33,35)(H,34,37)/b31-13-. The van der Waals surface area contributed by atoms with Gasteiger partial charge < -0.3 is 20.1 Å². The van der Waals surface area contributed by atoms with Gasteiger partial charge >= 0.3 is 11.8 Å². The molecule has 12 heteroatoms. The summed E-state index contributed by atoms with van der Waals surface area (Å²) < 4.78 is 12.3. The number of hydrazone groups is 1. The highest BCUT2D eigenvalue weighted by Crippen LogP contribution is 2.30. The van der Waals surface area contributed by atoms with E-state index in [1.54, 1.807) is 37.3 Å². The molecule has 0 aliphatic rings. The first-order chi connectivity index (χ1) is 18.6. The Hall–Kier alpha value is -3.60. The number of benzene rings is 3. The molecule has 9 nitrogen and oxygen atoms in total. The van der Waals surface area contributed by atoms with Crippen molar-refractivity contribution in [3.8, 4) is 11.5 Å². The highest BCUT2D eigenvalue weighted by atomic mass is 79.9. The van der Waals surface area contributed by atoms with Crippen LogP contribution in [-0.4, -0.2) is 37.1 Å². The van der Waals surface area contributed by atoms with E-state index < -0.39 is 11.8 Å². The van der Waals surface area contributed by atoms with Gasteiger partial charge in [0.25, 0.3) is 5.91 Å². The molecule has 0 heterocycles. The molecule has 0 spiro atoms. The molecule has 0 radical (unpaired) electrons. The third-order valence-electron chi connectivity index (χ3n) is 5.17. The Morgan fingerprint density at radius 3 is 2.36 bits per heavy atom. The smallest absolute Gasteiger partial charge is 0.329 e. The maximum Gasteiger partial charge on any atom is 0.329 e. The maximum absolute atomic E-state index is 12.5. The molecule has 3 aromatic rings. The quantitative estimate of drug-likeness (QED) is 0.154. The number of hydrogen-bond donors (Lipinski definition) is 3. The third-order valence-corrected chi connectivity index (χ3v) is 6.45. The number of ether oxygens (including phenoxy) is 2. The lowest BCUT2D eigenvalue weighted by Gasteiger charge is -2.14. The number of amides is 3. The largest absolute Gasteiger partial charge is 0.490 e. The zero-order valence-electron chi connectivity index (χ0n) is 21.2. The topological polar surface area (TPSA) is 118 Å². The minimum absolute atomic E-state index is 0.116. The van der Waals surface area contributed by atoms with Gasteiger partial charge in [0.2, 0.25) is 0 Å². The summed E-state index contributed by atoms with van der Waals surface area (Å²) in [6.07, 6.45) is 1.33. The summed E-state index contributed by atoms with van der Waals surface area (Å²) in [5.41, 5.74) is 5.46. The van der Waals surface area contributed by atoms with E-state index in [0.29, 0.717) is 23.7 Å². The van der Waals surface area contributed by atoms with Crippen LogP contribution in [-0.2, 0) is 14.4 Å². The second-order valence-electron chi connectivity index (χ2n) is 8.15. The average molecular weight is 636 g/mol. The molecule has 39 heavy (non-hydrogen) atoms. The summed E-state index contributed by atoms with van der Waals surface area (Å²) in [6, 6.07) is 13.4. The molecule has 204 valence electrons. The van der Waals surface area contributed by atoms with Gasteiger partial charge in [0.05, 0.1) is 28.6 Å². The van der Waals surface area contributed by atoms with Gasteiger partial charge in [0, 0.05) is 10.2 Å². The van der Waals surface area contributed by atoms with Gasteiger partial charge in [0.1, 0.15) is 0 Å². The SMILES string of the molecule is CCOc1cc(/C=N\NC(=O)C(=O)Nc2cccc(Cl)c2Cl)ccc1OCC(=O)Nc1c(C)cc(Br)cc1C. The molecule has 0 aromatic heterocycles. The van der Waals surface area contributed by atoms with Crippen molar-refractivity contribution in [2.75, 3.05) is 23.8 Å². The van der Waals surface area contributed by atoms with Crippen LogP contribution in [0.2, 0.25) is 10.0 Å². The van der Waals surface area contributed by atoms with Gasteiger partial charge in [-0.05, 0) is 79.9 Å². The Bertz CT molecular complexity index is 1410. The number of aryl methyl sites for hydroxylation is 2. The number of nitrogens with one attached hydrogen (secondary N) is 3. The van der Waals surface area contributed by atoms with Gasteiger partial charge in [-0.1, -0.05) is 45.2 Å². The van der Waals surface area contributed by atoms with Crippen LogP contribution in [0, 0.1) is 13.8 Å². The van der Waals surface area contributed by atoms with Crippen molar-refractivity contribution in [2.45, 2.75) is 20.8 Å². The number of hydrogen-bond acceptors (Lipinski definition) is 6. The summed E-state index contributed by atoms with van der Waals surface area (Å²) in [7, 11) is 0. The van der Waals surface area contributed by atoms with Crippen molar-refractivity contribution in [3.05, 3.63) is 79.7 Å². The van der Waals surface area contributed by atoms with Crippen molar-refractivity contribution < 1.29 is 23.9 Å². The van der Waals surface area contributed by atoms with E-state index in [-0.39, 0.29) is 28.2 Å². The van der Waals surface area contributed by atoms with E-state index in [0.717, 1.165) is 21.3 Å². The summed E-state index contributed by atoms with van der Waals surface area (Å²) in [5, 5.41) is 9.40. The molecule has 0 saturated heterocycles. The highest BCUT2D eigenvalue weighted by molar-refractivity contribution is 9.10. The van der Waals surface area contributed by atoms with Crippen LogP contribution in [0.1, 0.15) is 23.6 Å². The van der Waals surface area contributed by atoms with E-state index in [1.165, 1.54) is 12.3 Å². The van der Waals surface area contributed by atoms with Crippen LogP contribution in [0.3, 0.4) is 0 Å². The van der Waals surface area contributed by atoms with Gasteiger partial charge in [-0.2, -0.15) is 5.10 Å². The predicted octanol–water partition coefficient (Wildman–Crippen LogP) is 5.88. The Balaban J connectivity index is 1.59. The van der Waals surface area contributed by atoms with Crippen LogP contribution >= 0.6 is 39.1 Å². The average Bonchev–Trinajstić information content (AvgIpc) is 2.88. The molecule has 0 atom stereocenters. The van der Waals surface area contributed by atoms with Gasteiger partial charge in [-0.3, -0.25) is 14.4 Å². The molecule has 3 amide bonds. The molecule has 3 N–H and O–H groups in total. The maximum atomic E-state index is 12.5. The third kappa shape index (κ3) is 8.44. The van der Waals surface area contributed by atoms with Crippen LogP contribution in [0.25, 0.3) is 0 Å². The second kappa shape index (κ2) is 14.0. The van der Waals surface area contributed by atoms with Gasteiger partial charge in [-0.25, -0.2) is 5.43 Å². The molecule has 0 aliphatic heterocycles. The zero-order valence-corrected chi connectivity index (χ0v) is 24.3. The van der Waals surface area contributed by atoms with E-state index in [9.17, 15) is 14.4 Å².